The highest BCUT2D eigenvalue weighted by Gasteiger charge is 2.20. The third-order valence-electron chi connectivity index (χ3n) is 4.70. The van der Waals surface area contributed by atoms with Crippen LogP contribution in [0.25, 0.3) is 27.1 Å². The van der Waals surface area contributed by atoms with E-state index in [9.17, 15) is 0 Å². The lowest BCUT2D eigenvalue weighted by Gasteiger charge is -2.22. The molecule has 5 rings (SSSR count). The van der Waals surface area contributed by atoms with Gasteiger partial charge in [-0.15, -0.1) is 23.7 Å². The van der Waals surface area contributed by atoms with Crippen molar-refractivity contribution >= 4 is 46.1 Å². The summed E-state index contributed by atoms with van der Waals surface area (Å²) in [5.74, 6) is 7.54. The number of rotatable bonds is 2. The van der Waals surface area contributed by atoms with Crippen molar-refractivity contribution in [3.63, 3.8) is 0 Å². The van der Waals surface area contributed by atoms with Crippen LogP contribution in [0.4, 0.5) is 5.82 Å². The van der Waals surface area contributed by atoms with Gasteiger partial charge in [0.05, 0.1) is 21.5 Å². The third-order valence-corrected chi connectivity index (χ3v) is 5.70. The van der Waals surface area contributed by atoms with Gasteiger partial charge < -0.3 is 5.32 Å². The van der Waals surface area contributed by atoms with Crippen molar-refractivity contribution in [2.75, 3.05) is 5.32 Å². The first kappa shape index (κ1) is 21.8. The standard InChI is InChI=1S/C25H21N5S.ClH/c1-25(2,3)29-24-23(28-22-16-26-13-14-30(22)24)21-11-9-19(31-21)8-6-17-7-10-20-18(15-17)5-4-12-27-20;/h4-5,7,9-16,29H,1-3H3;1H. The largest absolute Gasteiger partial charge is 0.365 e. The molecule has 32 heavy (non-hydrogen) atoms. The molecule has 0 fully saturated rings. The number of anilines is 1. The zero-order valence-corrected chi connectivity index (χ0v) is 19.6. The Morgan fingerprint density at radius 3 is 2.75 bits per heavy atom. The number of thiophene rings is 1. The average Bonchev–Trinajstić information content (AvgIpc) is 3.36. The van der Waals surface area contributed by atoms with Crippen LogP contribution in [0.3, 0.4) is 0 Å². The molecule has 4 aromatic heterocycles. The van der Waals surface area contributed by atoms with Gasteiger partial charge in [0.15, 0.2) is 5.65 Å². The van der Waals surface area contributed by atoms with E-state index in [1.807, 2.05) is 28.8 Å². The lowest BCUT2D eigenvalue weighted by atomic mass is 10.1. The van der Waals surface area contributed by atoms with Gasteiger partial charge >= 0.3 is 0 Å². The molecule has 0 aliphatic heterocycles. The van der Waals surface area contributed by atoms with Gasteiger partial charge in [0.1, 0.15) is 11.5 Å². The molecule has 0 atom stereocenters. The normalized spacial score (nSPS) is 11.1. The van der Waals surface area contributed by atoms with E-state index in [2.05, 4.69) is 72.2 Å². The summed E-state index contributed by atoms with van der Waals surface area (Å²) in [7, 11) is 0. The van der Waals surface area contributed by atoms with Crippen LogP contribution in [-0.2, 0) is 0 Å². The molecule has 0 radical (unpaired) electrons. The van der Waals surface area contributed by atoms with Crippen molar-refractivity contribution in [3.05, 3.63) is 77.7 Å². The second-order valence-corrected chi connectivity index (χ2v) is 9.40. The van der Waals surface area contributed by atoms with E-state index in [1.165, 1.54) is 0 Å². The summed E-state index contributed by atoms with van der Waals surface area (Å²) in [6.07, 6.45) is 7.29. The van der Waals surface area contributed by atoms with E-state index in [0.29, 0.717) is 0 Å². The number of nitrogens with zero attached hydrogens (tertiary/aromatic N) is 4. The molecule has 4 heterocycles. The minimum Gasteiger partial charge on any atom is -0.365 e. The predicted octanol–water partition coefficient (Wildman–Crippen LogP) is 6.04. The number of halogens is 1. The van der Waals surface area contributed by atoms with Crippen molar-refractivity contribution in [2.24, 2.45) is 0 Å². The number of imidazole rings is 1. The van der Waals surface area contributed by atoms with Gasteiger partial charge in [0.2, 0.25) is 0 Å². The van der Waals surface area contributed by atoms with E-state index in [1.54, 1.807) is 29.9 Å². The van der Waals surface area contributed by atoms with E-state index >= 15 is 0 Å². The number of fused-ring (bicyclic) bond motifs is 2. The fourth-order valence-electron chi connectivity index (χ4n) is 3.37. The van der Waals surface area contributed by atoms with Crippen LogP contribution in [0.15, 0.2) is 67.3 Å². The Hall–Kier alpha value is -3.40. The Labute approximate surface area is 197 Å². The number of benzene rings is 1. The summed E-state index contributed by atoms with van der Waals surface area (Å²) in [5, 5.41) is 4.69. The highest BCUT2D eigenvalue weighted by molar-refractivity contribution is 7.16. The van der Waals surface area contributed by atoms with Gasteiger partial charge in [0, 0.05) is 35.1 Å². The summed E-state index contributed by atoms with van der Waals surface area (Å²) < 4.78 is 2.04. The van der Waals surface area contributed by atoms with Crippen LogP contribution in [-0.4, -0.2) is 24.9 Å². The second-order valence-electron chi connectivity index (χ2n) is 8.31. The smallest absolute Gasteiger partial charge is 0.157 e. The Balaban J connectivity index is 0.00000245. The predicted molar refractivity (Wildman–Crippen MR) is 135 cm³/mol. The molecular formula is C25H22ClN5S. The van der Waals surface area contributed by atoms with E-state index < -0.39 is 0 Å². The summed E-state index contributed by atoms with van der Waals surface area (Å²) >= 11 is 1.64. The van der Waals surface area contributed by atoms with Gasteiger partial charge in [-0.05, 0) is 57.2 Å². The molecule has 0 amide bonds. The molecule has 0 aliphatic rings. The van der Waals surface area contributed by atoms with Crippen molar-refractivity contribution in [1.29, 1.82) is 0 Å². The minimum absolute atomic E-state index is 0. The molecule has 7 heteroatoms. The first-order valence-electron chi connectivity index (χ1n) is 10.0. The van der Waals surface area contributed by atoms with Crippen LogP contribution in [0, 0.1) is 11.8 Å². The monoisotopic (exact) mass is 459 g/mol. The molecule has 0 saturated heterocycles. The highest BCUT2D eigenvalue weighted by Crippen LogP contribution is 2.34. The molecule has 160 valence electrons. The van der Waals surface area contributed by atoms with Crippen molar-refractivity contribution in [3.8, 4) is 22.4 Å². The molecule has 0 spiro atoms. The lowest BCUT2D eigenvalue weighted by molar-refractivity contribution is 0.629. The van der Waals surface area contributed by atoms with Crippen molar-refractivity contribution in [2.45, 2.75) is 26.3 Å². The quantitative estimate of drug-likeness (QED) is 0.327. The van der Waals surface area contributed by atoms with Crippen molar-refractivity contribution < 1.29 is 0 Å². The number of pyridine rings is 1. The van der Waals surface area contributed by atoms with Crippen LogP contribution in [0.2, 0.25) is 0 Å². The maximum atomic E-state index is 4.83. The summed E-state index contributed by atoms with van der Waals surface area (Å²) in [6, 6.07) is 14.2. The fourth-order valence-corrected chi connectivity index (χ4v) is 4.22. The number of hydrogen-bond acceptors (Lipinski definition) is 5. The Morgan fingerprint density at radius 1 is 1.03 bits per heavy atom. The number of aromatic nitrogens is 4. The fraction of sp³-hybridized carbons (Fsp3) is 0.160. The molecule has 0 saturated carbocycles. The minimum atomic E-state index is -0.0984. The molecule has 0 aliphatic carbocycles. The number of hydrogen-bond donors (Lipinski definition) is 1. The Kier molecular flexibility index (Phi) is 5.88. The average molecular weight is 460 g/mol. The maximum absolute atomic E-state index is 4.83. The zero-order chi connectivity index (χ0) is 21.4. The molecule has 5 nitrogen and oxygen atoms in total. The van der Waals surface area contributed by atoms with Crippen LogP contribution >= 0.6 is 23.7 Å². The lowest BCUT2D eigenvalue weighted by Crippen LogP contribution is -2.27. The maximum Gasteiger partial charge on any atom is 0.157 e. The first-order valence-corrected chi connectivity index (χ1v) is 10.9. The third kappa shape index (κ3) is 4.45. The molecule has 0 bridgehead atoms. The van der Waals surface area contributed by atoms with Crippen LogP contribution in [0.1, 0.15) is 31.2 Å². The zero-order valence-electron chi connectivity index (χ0n) is 18.0. The Morgan fingerprint density at radius 2 is 1.91 bits per heavy atom. The van der Waals surface area contributed by atoms with Gasteiger partial charge in [0.25, 0.3) is 0 Å². The molecule has 1 N–H and O–H groups in total. The van der Waals surface area contributed by atoms with Crippen LogP contribution < -0.4 is 5.32 Å². The van der Waals surface area contributed by atoms with Gasteiger partial charge in [-0.25, -0.2) is 4.98 Å². The molecular weight excluding hydrogens is 438 g/mol. The highest BCUT2D eigenvalue weighted by atomic mass is 35.5. The summed E-state index contributed by atoms with van der Waals surface area (Å²) in [4.78, 5) is 15.5. The van der Waals surface area contributed by atoms with Gasteiger partial charge in [-0.2, -0.15) is 0 Å². The van der Waals surface area contributed by atoms with Gasteiger partial charge in [-0.1, -0.05) is 17.9 Å². The molecule has 1 aromatic carbocycles. The summed E-state index contributed by atoms with van der Waals surface area (Å²) in [6.45, 7) is 6.42. The molecule has 5 aromatic rings. The molecule has 0 unspecified atom stereocenters. The SMILES string of the molecule is CC(C)(C)Nc1c(-c2ccc(C#Cc3ccc4ncccc4c3)s2)nc2cnccn12.Cl. The van der Waals surface area contributed by atoms with Crippen LogP contribution in [0.5, 0.6) is 0 Å². The van der Waals surface area contributed by atoms with E-state index in [4.69, 9.17) is 4.98 Å². The first-order chi connectivity index (χ1) is 15.0. The Bertz CT molecular complexity index is 1470. The topological polar surface area (TPSA) is 55.1 Å². The number of nitrogens with one attached hydrogen (secondary N) is 1. The second kappa shape index (κ2) is 8.62. The van der Waals surface area contributed by atoms with E-state index in [0.717, 1.165) is 43.4 Å². The van der Waals surface area contributed by atoms with E-state index in [-0.39, 0.29) is 17.9 Å². The summed E-state index contributed by atoms with van der Waals surface area (Å²) in [5.41, 5.74) is 3.59. The van der Waals surface area contributed by atoms with Crippen molar-refractivity contribution in [1.82, 2.24) is 19.4 Å². The van der Waals surface area contributed by atoms with Gasteiger partial charge in [-0.3, -0.25) is 14.4 Å².